The second-order valence-electron chi connectivity index (χ2n) is 5.55. The minimum Gasteiger partial charge on any atom is -0.303 e. The fourth-order valence-corrected chi connectivity index (χ4v) is 2.88. The van der Waals surface area contributed by atoms with Crippen molar-refractivity contribution in [1.82, 2.24) is 9.80 Å². The Morgan fingerprint density at radius 2 is 1.41 bits per heavy atom. The predicted molar refractivity (Wildman–Crippen MR) is 94.9 cm³/mol. The third-order valence-electron chi connectivity index (χ3n) is 4.08. The van der Waals surface area contributed by atoms with Crippen molar-refractivity contribution in [1.29, 1.82) is 0 Å². The summed E-state index contributed by atoms with van der Waals surface area (Å²) in [6, 6.07) is 0.649. The zero-order valence-corrected chi connectivity index (χ0v) is 16.3. The van der Waals surface area contributed by atoms with Crippen molar-refractivity contribution < 1.29 is 8.78 Å². The van der Waals surface area contributed by atoms with Gasteiger partial charge in [0.2, 0.25) is 0 Å². The maximum atomic E-state index is 13.0. The van der Waals surface area contributed by atoms with Crippen molar-refractivity contribution in [3.05, 3.63) is 0 Å². The topological polar surface area (TPSA) is 6.48 Å². The zero-order valence-electron chi connectivity index (χ0n) is 16.3. The van der Waals surface area contributed by atoms with Gasteiger partial charge in [-0.1, -0.05) is 41.5 Å². The molecular formula is C18H40F2N2. The van der Waals surface area contributed by atoms with Gasteiger partial charge in [0.25, 0.3) is 5.92 Å². The molecule has 2 fully saturated rings. The van der Waals surface area contributed by atoms with Gasteiger partial charge in [0.1, 0.15) is 0 Å². The van der Waals surface area contributed by atoms with E-state index in [0.717, 1.165) is 13.1 Å². The lowest BCUT2D eigenvalue weighted by atomic mass is 10.0. The number of halogens is 2. The summed E-state index contributed by atoms with van der Waals surface area (Å²) < 4.78 is 26.0. The van der Waals surface area contributed by atoms with Gasteiger partial charge >= 0.3 is 0 Å². The molecular weight excluding hydrogens is 282 g/mol. The Balaban J connectivity index is 0. The lowest BCUT2D eigenvalue weighted by Gasteiger charge is -2.33. The molecule has 0 aromatic rings. The number of alkyl halides is 2. The summed E-state index contributed by atoms with van der Waals surface area (Å²) in [6.07, 6.45) is 1.31. The van der Waals surface area contributed by atoms with Crippen LogP contribution in [0.3, 0.4) is 0 Å². The largest absolute Gasteiger partial charge is 0.303 e. The molecule has 0 aromatic carbocycles. The molecule has 2 unspecified atom stereocenters. The quantitative estimate of drug-likeness (QED) is 0.695. The van der Waals surface area contributed by atoms with E-state index in [4.69, 9.17) is 0 Å². The summed E-state index contributed by atoms with van der Waals surface area (Å²) in [6.45, 7) is 17.5. The maximum Gasteiger partial charge on any atom is 0.250 e. The number of likely N-dealkylation sites (tertiary alicyclic amines) is 2. The Morgan fingerprint density at radius 1 is 0.955 bits per heavy atom. The highest BCUT2D eigenvalue weighted by Crippen LogP contribution is 2.29. The van der Waals surface area contributed by atoms with E-state index >= 15 is 0 Å². The van der Waals surface area contributed by atoms with E-state index in [0.29, 0.717) is 25.0 Å². The summed E-state index contributed by atoms with van der Waals surface area (Å²) in [4.78, 5) is 4.58. The average Bonchev–Trinajstić information content (AvgIpc) is 2.86. The molecule has 2 nitrogen and oxygen atoms in total. The normalized spacial score (nSPS) is 27.5. The van der Waals surface area contributed by atoms with Crippen molar-refractivity contribution >= 4 is 0 Å². The van der Waals surface area contributed by atoms with Crippen molar-refractivity contribution in [2.24, 2.45) is 5.92 Å². The van der Waals surface area contributed by atoms with E-state index in [9.17, 15) is 8.78 Å². The Morgan fingerprint density at radius 3 is 1.77 bits per heavy atom. The van der Waals surface area contributed by atoms with Gasteiger partial charge in [0.05, 0.1) is 0 Å². The first-order valence-corrected chi connectivity index (χ1v) is 9.27. The number of hydrogen-bond donors (Lipinski definition) is 0. The van der Waals surface area contributed by atoms with Crippen LogP contribution in [0.1, 0.15) is 67.7 Å². The summed E-state index contributed by atoms with van der Waals surface area (Å²) in [7, 11) is 2.15. The molecule has 2 saturated heterocycles. The van der Waals surface area contributed by atoms with E-state index < -0.39 is 5.92 Å². The zero-order chi connectivity index (χ0) is 17.8. The van der Waals surface area contributed by atoms with Crippen LogP contribution in [0.4, 0.5) is 8.78 Å². The van der Waals surface area contributed by atoms with Gasteiger partial charge in [0, 0.05) is 45.1 Å². The maximum absolute atomic E-state index is 13.0. The van der Waals surface area contributed by atoms with E-state index in [1.165, 1.54) is 6.42 Å². The smallest absolute Gasteiger partial charge is 0.250 e. The van der Waals surface area contributed by atoms with Crippen molar-refractivity contribution in [2.45, 2.75) is 79.7 Å². The molecule has 0 radical (unpaired) electrons. The van der Waals surface area contributed by atoms with E-state index in [2.05, 4.69) is 23.8 Å². The van der Waals surface area contributed by atoms with Gasteiger partial charge in [0.15, 0.2) is 0 Å². The minimum atomic E-state index is -2.41. The molecule has 0 aromatic heterocycles. The predicted octanol–water partition coefficient (Wildman–Crippen LogP) is 5.14. The van der Waals surface area contributed by atoms with E-state index in [1.54, 1.807) is 0 Å². The number of rotatable bonds is 2. The first-order valence-electron chi connectivity index (χ1n) is 9.27. The van der Waals surface area contributed by atoms with Gasteiger partial charge < -0.3 is 9.80 Å². The summed E-state index contributed by atoms with van der Waals surface area (Å²) >= 11 is 0. The summed E-state index contributed by atoms with van der Waals surface area (Å²) in [5.74, 6) is -1.73. The van der Waals surface area contributed by atoms with Crippen LogP contribution in [-0.2, 0) is 0 Å². The summed E-state index contributed by atoms with van der Waals surface area (Å²) in [5.41, 5.74) is 0. The van der Waals surface area contributed by atoms with Gasteiger partial charge in [-0.05, 0) is 26.3 Å². The Kier molecular flexibility index (Phi) is 14.5. The first-order chi connectivity index (χ1) is 10.5. The summed E-state index contributed by atoms with van der Waals surface area (Å²) in [5, 5.41) is 0. The molecule has 4 heteroatoms. The minimum absolute atomic E-state index is 0.0467. The van der Waals surface area contributed by atoms with Crippen LogP contribution in [0.15, 0.2) is 0 Å². The second kappa shape index (κ2) is 13.2. The fourth-order valence-electron chi connectivity index (χ4n) is 2.88. The molecule has 2 atom stereocenters. The molecule has 136 valence electrons. The molecule has 2 heterocycles. The average molecular weight is 323 g/mol. The highest BCUT2D eigenvalue weighted by Gasteiger charge is 2.35. The second-order valence-corrected chi connectivity index (χ2v) is 5.55. The SMILES string of the molecule is CC.CC.CC.CC1CC(CN2CCC(F)(F)CC2)CN1C. The molecule has 0 saturated carbocycles. The molecule has 0 spiro atoms. The number of nitrogens with zero attached hydrogens (tertiary/aromatic N) is 2. The van der Waals surface area contributed by atoms with Gasteiger partial charge in [-0.2, -0.15) is 0 Å². The monoisotopic (exact) mass is 322 g/mol. The third-order valence-corrected chi connectivity index (χ3v) is 4.08. The number of piperidine rings is 1. The Labute approximate surface area is 138 Å². The third kappa shape index (κ3) is 9.04. The van der Waals surface area contributed by atoms with Crippen LogP contribution in [0.2, 0.25) is 0 Å². The van der Waals surface area contributed by atoms with Crippen LogP contribution in [0.25, 0.3) is 0 Å². The molecule has 22 heavy (non-hydrogen) atoms. The highest BCUT2D eigenvalue weighted by molar-refractivity contribution is 4.84. The Bertz CT molecular complexity index is 227. The fraction of sp³-hybridized carbons (Fsp3) is 1.00. The van der Waals surface area contributed by atoms with Crippen molar-refractivity contribution in [3.63, 3.8) is 0 Å². The highest BCUT2D eigenvalue weighted by atomic mass is 19.3. The van der Waals surface area contributed by atoms with Crippen LogP contribution < -0.4 is 0 Å². The standard InChI is InChI=1S/C12H22F2N2.3C2H6/c1-10-7-11(8-15(10)2)9-16-5-3-12(13,14)4-6-16;3*1-2/h10-11H,3-9H2,1-2H3;3*1-2H3. The molecule has 0 bridgehead atoms. The van der Waals surface area contributed by atoms with Gasteiger partial charge in [-0.3, -0.25) is 0 Å². The van der Waals surface area contributed by atoms with Crippen LogP contribution in [-0.4, -0.2) is 55.0 Å². The van der Waals surface area contributed by atoms with Crippen LogP contribution in [0, 0.1) is 5.92 Å². The molecule has 2 aliphatic rings. The lowest BCUT2D eigenvalue weighted by molar-refractivity contribution is -0.0571. The lowest BCUT2D eigenvalue weighted by Crippen LogP contribution is -2.41. The molecule has 2 aliphatic heterocycles. The molecule has 0 aliphatic carbocycles. The molecule has 2 rings (SSSR count). The van der Waals surface area contributed by atoms with Gasteiger partial charge in [-0.15, -0.1) is 0 Å². The molecule has 0 amide bonds. The van der Waals surface area contributed by atoms with Gasteiger partial charge in [-0.25, -0.2) is 8.78 Å². The van der Waals surface area contributed by atoms with Crippen LogP contribution >= 0.6 is 0 Å². The van der Waals surface area contributed by atoms with Crippen molar-refractivity contribution in [3.8, 4) is 0 Å². The molecule has 0 N–H and O–H groups in total. The first kappa shape index (κ1) is 24.0. The van der Waals surface area contributed by atoms with Crippen molar-refractivity contribution in [2.75, 3.05) is 33.2 Å². The van der Waals surface area contributed by atoms with E-state index in [-0.39, 0.29) is 12.8 Å². The van der Waals surface area contributed by atoms with E-state index in [1.807, 2.05) is 41.5 Å². The number of hydrogen-bond acceptors (Lipinski definition) is 2. The van der Waals surface area contributed by atoms with Crippen LogP contribution in [0.5, 0.6) is 0 Å². The Hall–Kier alpha value is -0.220.